The van der Waals surface area contributed by atoms with E-state index in [0.29, 0.717) is 19.1 Å². The maximum atomic E-state index is 10.2. The van der Waals surface area contributed by atoms with Crippen LogP contribution in [0.2, 0.25) is 0 Å². The summed E-state index contributed by atoms with van der Waals surface area (Å²) in [7, 11) is 3.31. The summed E-state index contributed by atoms with van der Waals surface area (Å²) in [4.78, 5) is 0. The highest BCUT2D eigenvalue weighted by molar-refractivity contribution is 5.29. The van der Waals surface area contributed by atoms with E-state index in [2.05, 4.69) is 19.2 Å². The summed E-state index contributed by atoms with van der Waals surface area (Å²) in [6, 6.07) is 7.74. The van der Waals surface area contributed by atoms with Crippen LogP contribution < -0.4 is 10.1 Å². The fourth-order valence-corrected chi connectivity index (χ4v) is 1.90. The van der Waals surface area contributed by atoms with Crippen molar-refractivity contribution in [3.05, 3.63) is 29.8 Å². The first-order valence-electron chi connectivity index (χ1n) is 6.62. The number of nitrogens with one attached hydrogen (secondary N) is 1. The minimum Gasteiger partial charge on any atom is -0.497 e. The van der Waals surface area contributed by atoms with E-state index in [1.54, 1.807) is 14.2 Å². The Kier molecular flexibility index (Phi) is 6.84. The van der Waals surface area contributed by atoms with Gasteiger partial charge in [-0.15, -0.1) is 0 Å². The van der Waals surface area contributed by atoms with Gasteiger partial charge in [-0.2, -0.15) is 0 Å². The number of rotatable bonds is 8. The van der Waals surface area contributed by atoms with E-state index in [9.17, 15) is 5.11 Å². The summed E-state index contributed by atoms with van der Waals surface area (Å²) in [5.74, 6) is 1.21. The van der Waals surface area contributed by atoms with Crippen LogP contribution in [-0.2, 0) is 4.74 Å². The fraction of sp³-hybridized carbons (Fsp3) is 0.600. The van der Waals surface area contributed by atoms with E-state index >= 15 is 0 Å². The van der Waals surface area contributed by atoms with Crippen LogP contribution in [0.1, 0.15) is 25.5 Å². The number of hydrogen-bond acceptors (Lipinski definition) is 4. The summed E-state index contributed by atoms with van der Waals surface area (Å²) in [6.45, 7) is 5.41. The molecule has 0 aliphatic rings. The Morgan fingerprint density at radius 1 is 1.26 bits per heavy atom. The van der Waals surface area contributed by atoms with Crippen LogP contribution >= 0.6 is 0 Å². The molecule has 0 saturated carbocycles. The lowest BCUT2D eigenvalue weighted by molar-refractivity contribution is 0.124. The predicted molar refractivity (Wildman–Crippen MR) is 76.5 cm³/mol. The highest BCUT2D eigenvalue weighted by atomic mass is 16.5. The van der Waals surface area contributed by atoms with Crippen molar-refractivity contribution in [2.45, 2.75) is 26.0 Å². The van der Waals surface area contributed by atoms with Gasteiger partial charge in [0.2, 0.25) is 0 Å². The molecule has 0 amide bonds. The topological polar surface area (TPSA) is 50.7 Å². The predicted octanol–water partition coefficient (Wildman–Crippen LogP) is 1.99. The SMILES string of the molecule is COCC(NCC(O)c1cccc(OC)c1)C(C)C. The summed E-state index contributed by atoms with van der Waals surface area (Å²) < 4.78 is 10.3. The molecule has 0 fully saturated rings. The molecule has 2 N–H and O–H groups in total. The number of aliphatic hydroxyl groups excluding tert-OH is 1. The second kappa shape index (κ2) is 8.15. The molecule has 0 spiro atoms. The quantitative estimate of drug-likeness (QED) is 0.756. The standard InChI is InChI=1S/C15H25NO3/c1-11(2)14(10-18-3)16-9-15(17)12-6-5-7-13(8-12)19-4/h5-8,11,14-17H,9-10H2,1-4H3. The van der Waals surface area contributed by atoms with Gasteiger partial charge in [0.15, 0.2) is 0 Å². The Balaban J connectivity index is 2.55. The second-order valence-electron chi connectivity index (χ2n) is 5.01. The number of methoxy groups -OCH3 is 2. The lowest BCUT2D eigenvalue weighted by atomic mass is 10.0. The van der Waals surface area contributed by atoms with E-state index in [-0.39, 0.29) is 6.04 Å². The number of aliphatic hydroxyl groups is 1. The van der Waals surface area contributed by atoms with Gasteiger partial charge in [-0.05, 0) is 23.6 Å². The zero-order chi connectivity index (χ0) is 14.3. The van der Waals surface area contributed by atoms with Crippen molar-refractivity contribution in [1.29, 1.82) is 0 Å². The minimum absolute atomic E-state index is 0.241. The number of hydrogen-bond donors (Lipinski definition) is 2. The zero-order valence-electron chi connectivity index (χ0n) is 12.2. The smallest absolute Gasteiger partial charge is 0.119 e. The zero-order valence-corrected chi connectivity index (χ0v) is 12.2. The first-order valence-corrected chi connectivity index (χ1v) is 6.62. The Hall–Kier alpha value is -1.10. The molecule has 0 bridgehead atoms. The lowest BCUT2D eigenvalue weighted by Gasteiger charge is -2.23. The number of ether oxygens (including phenoxy) is 2. The van der Waals surface area contributed by atoms with Gasteiger partial charge in [0, 0.05) is 19.7 Å². The molecule has 1 aromatic carbocycles. The molecular weight excluding hydrogens is 242 g/mol. The van der Waals surface area contributed by atoms with Crippen LogP contribution in [0.25, 0.3) is 0 Å². The van der Waals surface area contributed by atoms with E-state index < -0.39 is 6.10 Å². The van der Waals surface area contributed by atoms with Crippen LogP contribution in [0, 0.1) is 5.92 Å². The molecular formula is C15H25NO3. The van der Waals surface area contributed by atoms with Gasteiger partial charge in [-0.1, -0.05) is 26.0 Å². The molecule has 0 saturated heterocycles. The van der Waals surface area contributed by atoms with Crippen molar-refractivity contribution < 1.29 is 14.6 Å². The average Bonchev–Trinajstić information content (AvgIpc) is 2.42. The van der Waals surface area contributed by atoms with Gasteiger partial charge in [0.1, 0.15) is 5.75 Å². The Morgan fingerprint density at radius 2 is 2.00 bits per heavy atom. The largest absolute Gasteiger partial charge is 0.497 e. The van der Waals surface area contributed by atoms with Crippen LogP contribution in [-0.4, -0.2) is 38.5 Å². The average molecular weight is 267 g/mol. The highest BCUT2D eigenvalue weighted by Crippen LogP contribution is 2.18. The van der Waals surface area contributed by atoms with Crippen molar-refractivity contribution in [3.63, 3.8) is 0 Å². The van der Waals surface area contributed by atoms with Crippen LogP contribution in [0.4, 0.5) is 0 Å². The molecule has 108 valence electrons. The van der Waals surface area contributed by atoms with E-state index in [4.69, 9.17) is 9.47 Å². The third-order valence-electron chi connectivity index (χ3n) is 3.20. The molecule has 0 heterocycles. The van der Waals surface area contributed by atoms with Gasteiger partial charge >= 0.3 is 0 Å². The summed E-state index contributed by atoms with van der Waals surface area (Å²) in [5.41, 5.74) is 0.853. The van der Waals surface area contributed by atoms with Crippen molar-refractivity contribution in [1.82, 2.24) is 5.32 Å². The molecule has 0 aliphatic heterocycles. The van der Waals surface area contributed by atoms with E-state index in [1.807, 2.05) is 24.3 Å². The fourth-order valence-electron chi connectivity index (χ4n) is 1.90. The third-order valence-corrected chi connectivity index (χ3v) is 3.20. The van der Waals surface area contributed by atoms with Crippen molar-refractivity contribution in [2.75, 3.05) is 27.4 Å². The lowest BCUT2D eigenvalue weighted by Crippen LogP contribution is -2.39. The molecule has 0 radical (unpaired) electrons. The first kappa shape index (κ1) is 16.0. The Morgan fingerprint density at radius 3 is 2.58 bits per heavy atom. The van der Waals surface area contributed by atoms with Gasteiger partial charge < -0.3 is 19.9 Å². The van der Waals surface area contributed by atoms with Gasteiger partial charge in [0.05, 0.1) is 19.8 Å². The summed E-state index contributed by atoms with van der Waals surface area (Å²) in [6.07, 6.45) is -0.548. The molecule has 19 heavy (non-hydrogen) atoms. The van der Waals surface area contributed by atoms with Crippen LogP contribution in [0.5, 0.6) is 5.75 Å². The molecule has 2 unspecified atom stereocenters. The summed E-state index contributed by atoms with van der Waals surface area (Å²) >= 11 is 0. The maximum Gasteiger partial charge on any atom is 0.119 e. The van der Waals surface area contributed by atoms with Gasteiger partial charge in [0.25, 0.3) is 0 Å². The van der Waals surface area contributed by atoms with Gasteiger partial charge in [-0.3, -0.25) is 0 Å². The maximum absolute atomic E-state index is 10.2. The second-order valence-corrected chi connectivity index (χ2v) is 5.01. The van der Waals surface area contributed by atoms with Crippen molar-refractivity contribution in [2.24, 2.45) is 5.92 Å². The number of benzene rings is 1. The van der Waals surface area contributed by atoms with E-state index in [0.717, 1.165) is 11.3 Å². The van der Waals surface area contributed by atoms with Gasteiger partial charge in [-0.25, -0.2) is 0 Å². The van der Waals surface area contributed by atoms with E-state index in [1.165, 1.54) is 0 Å². The monoisotopic (exact) mass is 267 g/mol. The Labute approximate surface area is 115 Å². The van der Waals surface area contributed by atoms with Crippen molar-refractivity contribution in [3.8, 4) is 5.75 Å². The van der Waals surface area contributed by atoms with Crippen LogP contribution in [0.3, 0.4) is 0 Å². The Bertz CT molecular complexity index is 368. The minimum atomic E-state index is -0.548. The summed E-state index contributed by atoms with van der Waals surface area (Å²) in [5, 5.41) is 13.5. The van der Waals surface area contributed by atoms with Crippen molar-refractivity contribution >= 4 is 0 Å². The molecule has 4 nitrogen and oxygen atoms in total. The molecule has 1 rings (SSSR count). The highest BCUT2D eigenvalue weighted by Gasteiger charge is 2.15. The molecule has 4 heteroatoms. The molecule has 2 atom stereocenters. The third kappa shape index (κ3) is 5.19. The first-order chi connectivity index (χ1) is 9.08. The molecule has 0 aromatic heterocycles. The normalized spacial score (nSPS) is 14.4. The van der Waals surface area contributed by atoms with Crippen LogP contribution in [0.15, 0.2) is 24.3 Å². The molecule has 1 aromatic rings. The molecule has 0 aliphatic carbocycles.